The minimum Gasteiger partial charge on any atom is -0.435 e. The molecule has 1 saturated heterocycles. The fraction of sp³-hybridized carbons (Fsp3) is 0.414. The van der Waals surface area contributed by atoms with Crippen molar-refractivity contribution < 1.29 is 23.7 Å². The van der Waals surface area contributed by atoms with Gasteiger partial charge in [0.15, 0.2) is 11.6 Å². The number of benzene rings is 2. The zero-order valence-electron chi connectivity index (χ0n) is 21.4. The highest BCUT2D eigenvalue weighted by Gasteiger charge is 2.27. The van der Waals surface area contributed by atoms with E-state index in [9.17, 15) is 9.50 Å². The average molecular weight is 510 g/mol. The summed E-state index contributed by atoms with van der Waals surface area (Å²) in [5.74, 6) is 0.146. The molecule has 0 spiro atoms. The second-order valence-electron chi connectivity index (χ2n) is 9.17. The van der Waals surface area contributed by atoms with Crippen LogP contribution in [0.4, 0.5) is 4.39 Å². The first-order valence-electron chi connectivity index (χ1n) is 12.9. The van der Waals surface area contributed by atoms with Crippen molar-refractivity contribution in [2.75, 3.05) is 32.9 Å². The maximum absolute atomic E-state index is 14.6. The SMILES string of the molecule is C=CCOC[C@H](O)CN(Cc1c(CC)nn(-c2ccccc2)c1Oc1ccccc1F)C[C@@H]1CCCO1. The lowest BCUT2D eigenvalue weighted by molar-refractivity contribution is 0.00835. The van der Waals surface area contributed by atoms with Crippen molar-refractivity contribution in [3.63, 3.8) is 0 Å². The van der Waals surface area contributed by atoms with Gasteiger partial charge in [-0.05, 0) is 43.5 Å². The van der Waals surface area contributed by atoms with Gasteiger partial charge in [-0.2, -0.15) is 5.10 Å². The Labute approximate surface area is 218 Å². The van der Waals surface area contributed by atoms with Crippen LogP contribution in [0.3, 0.4) is 0 Å². The van der Waals surface area contributed by atoms with Gasteiger partial charge in [0.2, 0.25) is 5.88 Å². The van der Waals surface area contributed by atoms with Gasteiger partial charge in [-0.3, -0.25) is 4.90 Å². The summed E-state index contributed by atoms with van der Waals surface area (Å²) in [6.45, 7) is 8.52. The molecule has 0 amide bonds. The summed E-state index contributed by atoms with van der Waals surface area (Å²) in [6, 6.07) is 16.0. The summed E-state index contributed by atoms with van der Waals surface area (Å²) in [4.78, 5) is 2.15. The van der Waals surface area contributed by atoms with Gasteiger partial charge in [0.05, 0.1) is 42.4 Å². The number of ether oxygens (including phenoxy) is 3. The molecule has 4 rings (SSSR count). The molecule has 0 unspecified atom stereocenters. The predicted molar refractivity (Wildman–Crippen MR) is 141 cm³/mol. The second kappa shape index (κ2) is 13.5. The minimum atomic E-state index is -0.688. The van der Waals surface area contributed by atoms with Crippen LogP contribution in [0.1, 0.15) is 31.0 Å². The van der Waals surface area contributed by atoms with Crippen LogP contribution in [0, 0.1) is 5.82 Å². The molecule has 1 fully saturated rings. The summed E-state index contributed by atoms with van der Waals surface area (Å²) < 4.78 is 34.0. The maximum atomic E-state index is 14.6. The Bertz CT molecular complexity index is 1130. The Morgan fingerprint density at radius 3 is 2.73 bits per heavy atom. The van der Waals surface area contributed by atoms with E-state index in [1.165, 1.54) is 6.07 Å². The van der Waals surface area contributed by atoms with Crippen LogP contribution >= 0.6 is 0 Å². The van der Waals surface area contributed by atoms with Crippen molar-refractivity contribution in [3.05, 3.63) is 84.3 Å². The second-order valence-corrected chi connectivity index (χ2v) is 9.17. The normalized spacial score (nSPS) is 16.3. The monoisotopic (exact) mass is 509 g/mol. The fourth-order valence-electron chi connectivity index (χ4n) is 4.54. The van der Waals surface area contributed by atoms with Gasteiger partial charge in [-0.25, -0.2) is 9.07 Å². The molecule has 1 aliphatic rings. The number of aliphatic hydroxyl groups excluding tert-OH is 1. The van der Waals surface area contributed by atoms with Crippen LogP contribution in [-0.2, 0) is 22.4 Å². The molecule has 1 N–H and O–H groups in total. The van der Waals surface area contributed by atoms with E-state index in [0.29, 0.717) is 38.5 Å². The van der Waals surface area contributed by atoms with Gasteiger partial charge < -0.3 is 19.3 Å². The Hall–Kier alpha value is -3.04. The van der Waals surface area contributed by atoms with E-state index in [1.807, 2.05) is 37.3 Å². The number of rotatable bonds is 14. The predicted octanol–water partition coefficient (Wildman–Crippen LogP) is 4.91. The molecule has 2 atom stereocenters. The summed E-state index contributed by atoms with van der Waals surface area (Å²) in [5, 5.41) is 15.6. The minimum absolute atomic E-state index is 0.0893. The average Bonchev–Trinajstić information content (AvgIpc) is 3.54. The van der Waals surface area contributed by atoms with Gasteiger partial charge >= 0.3 is 0 Å². The van der Waals surface area contributed by atoms with Crippen molar-refractivity contribution in [2.24, 2.45) is 0 Å². The third-order valence-corrected chi connectivity index (χ3v) is 6.28. The van der Waals surface area contributed by atoms with Crippen LogP contribution in [-0.4, -0.2) is 64.9 Å². The molecule has 2 aromatic carbocycles. The first-order chi connectivity index (χ1) is 18.1. The lowest BCUT2D eigenvalue weighted by Gasteiger charge is -2.27. The lowest BCUT2D eigenvalue weighted by Crippen LogP contribution is -2.39. The van der Waals surface area contributed by atoms with Gasteiger partial charge in [0.1, 0.15) is 0 Å². The first kappa shape index (κ1) is 27.0. The topological polar surface area (TPSA) is 69.0 Å². The van der Waals surface area contributed by atoms with E-state index >= 15 is 0 Å². The Morgan fingerprint density at radius 2 is 2.03 bits per heavy atom. The molecule has 0 aliphatic carbocycles. The van der Waals surface area contributed by atoms with E-state index < -0.39 is 11.9 Å². The fourth-order valence-corrected chi connectivity index (χ4v) is 4.54. The summed E-state index contributed by atoms with van der Waals surface area (Å²) in [5.41, 5.74) is 2.52. The van der Waals surface area contributed by atoms with Gasteiger partial charge in [0.25, 0.3) is 0 Å². The van der Waals surface area contributed by atoms with E-state index in [1.54, 1.807) is 29.0 Å². The molecule has 1 aliphatic heterocycles. The zero-order valence-corrected chi connectivity index (χ0v) is 21.4. The zero-order chi connectivity index (χ0) is 26.0. The largest absolute Gasteiger partial charge is 0.435 e. The third-order valence-electron chi connectivity index (χ3n) is 6.28. The van der Waals surface area contributed by atoms with Crippen molar-refractivity contribution in [1.82, 2.24) is 14.7 Å². The van der Waals surface area contributed by atoms with Crippen molar-refractivity contribution >= 4 is 0 Å². The molecule has 198 valence electrons. The standard InChI is InChI=1S/C29H36FN3O4/c1-3-16-35-21-23(34)18-32(19-24-13-10-17-36-24)20-25-27(4-2)31-33(22-11-6-5-7-12-22)29(25)37-28-15-9-8-14-26(28)30/h3,5-9,11-12,14-15,23-24,34H,1,4,10,13,16-21H2,2H3/t23-,24+/m1/s1. The number of nitrogens with zero attached hydrogens (tertiary/aromatic N) is 3. The maximum Gasteiger partial charge on any atom is 0.227 e. The highest BCUT2D eigenvalue weighted by Crippen LogP contribution is 2.33. The van der Waals surface area contributed by atoms with Crippen molar-refractivity contribution in [1.29, 1.82) is 0 Å². The number of halogens is 1. The van der Waals surface area contributed by atoms with E-state index in [2.05, 4.69) is 11.5 Å². The van der Waals surface area contributed by atoms with E-state index in [-0.39, 0.29) is 18.5 Å². The number of hydrogen-bond donors (Lipinski definition) is 1. The number of para-hydroxylation sites is 2. The first-order valence-corrected chi connectivity index (χ1v) is 12.9. The van der Waals surface area contributed by atoms with Crippen LogP contribution in [0.25, 0.3) is 5.69 Å². The number of aromatic nitrogens is 2. The van der Waals surface area contributed by atoms with E-state index in [4.69, 9.17) is 19.3 Å². The third kappa shape index (κ3) is 7.26. The van der Waals surface area contributed by atoms with Crippen molar-refractivity contribution in [2.45, 2.75) is 44.9 Å². The molecule has 7 nitrogen and oxygen atoms in total. The summed E-state index contributed by atoms with van der Waals surface area (Å²) in [7, 11) is 0. The smallest absolute Gasteiger partial charge is 0.227 e. The number of hydrogen-bond acceptors (Lipinski definition) is 6. The van der Waals surface area contributed by atoms with Crippen molar-refractivity contribution in [3.8, 4) is 17.3 Å². The van der Waals surface area contributed by atoms with Crippen LogP contribution in [0.5, 0.6) is 11.6 Å². The summed E-state index contributed by atoms with van der Waals surface area (Å²) in [6.07, 6.45) is 3.73. The Kier molecular flexibility index (Phi) is 9.85. The van der Waals surface area contributed by atoms with Gasteiger partial charge in [-0.1, -0.05) is 43.3 Å². The Morgan fingerprint density at radius 1 is 1.24 bits per heavy atom. The molecule has 1 aromatic heterocycles. The molecule has 8 heteroatoms. The molecule has 0 saturated carbocycles. The highest BCUT2D eigenvalue weighted by atomic mass is 19.1. The quantitative estimate of drug-likeness (QED) is 0.246. The molecule has 0 radical (unpaired) electrons. The molecular formula is C29H36FN3O4. The number of aliphatic hydroxyl groups is 1. The molecule has 37 heavy (non-hydrogen) atoms. The van der Waals surface area contributed by atoms with Crippen LogP contribution in [0.15, 0.2) is 67.3 Å². The van der Waals surface area contributed by atoms with Crippen LogP contribution in [0.2, 0.25) is 0 Å². The highest BCUT2D eigenvalue weighted by molar-refractivity contribution is 5.44. The molecule has 2 heterocycles. The Balaban J connectivity index is 1.68. The van der Waals surface area contributed by atoms with E-state index in [0.717, 1.165) is 36.4 Å². The van der Waals surface area contributed by atoms with Gasteiger partial charge in [0, 0.05) is 26.2 Å². The van der Waals surface area contributed by atoms with Gasteiger partial charge in [-0.15, -0.1) is 6.58 Å². The molecule has 3 aromatic rings. The summed E-state index contributed by atoms with van der Waals surface area (Å²) >= 11 is 0. The molecular weight excluding hydrogens is 473 g/mol. The number of aryl methyl sites for hydroxylation is 1. The van der Waals surface area contributed by atoms with Crippen LogP contribution < -0.4 is 4.74 Å². The lowest BCUT2D eigenvalue weighted by atomic mass is 10.1. The molecule has 0 bridgehead atoms.